The van der Waals surface area contributed by atoms with Crippen LogP contribution in [0.5, 0.6) is 0 Å². The summed E-state index contributed by atoms with van der Waals surface area (Å²) in [6.45, 7) is 0.0281. The van der Waals surface area contributed by atoms with Crippen LogP contribution in [0.15, 0.2) is 24.3 Å². The molecule has 0 bridgehead atoms. The van der Waals surface area contributed by atoms with Gasteiger partial charge in [0.25, 0.3) is 0 Å². The number of aliphatic hydroxyl groups excluding tert-OH is 1. The van der Waals surface area contributed by atoms with Crippen molar-refractivity contribution in [3.8, 4) is 0 Å². The Labute approximate surface area is 112 Å². The zero-order valence-electron chi connectivity index (χ0n) is 10.6. The molecule has 7 heteroatoms. The lowest BCUT2D eigenvalue weighted by Crippen LogP contribution is -2.27. The van der Waals surface area contributed by atoms with Crippen molar-refractivity contribution >= 4 is 16.0 Å². The van der Waals surface area contributed by atoms with Gasteiger partial charge in [-0.2, -0.15) is 0 Å². The molecular formula is C12H17NO5S. The molecule has 6 nitrogen and oxygen atoms in total. The summed E-state index contributed by atoms with van der Waals surface area (Å²) in [6, 6.07) is 6.95. The van der Waals surface area contributed by atoms with Crippen LogP contribution in [-0.4, -0.2) is 32.4 Å². The number of esters is 1. The molecule has 0 saturated heterocycles. The monoisotopic (exact) mass is 287 g/mol. The average molecular weight is 287 g/mol. The maximum absolute atomic E-state index is 11.6. The van der Waals surface area contributed by atoms with Gasteiger partial charge in [-0.15, -0.1) is 0 Å². The number of nitrogens with one attached hydrogen (secondary N) is 1. The number of ether oxygens (including phenoxy) is 1. The molecule has 0 aliphatic carbocycles. The van der Waals surface area contributed by atoms with Crippen molar-refractivity contribution in [2.75, 3.05) is 12.9 Å². The van der Waals surface area contributed by atoms with E-state index in [0.717, 1.165) is 5.56 Å². The predicted octanol–water partition coefficient (Wildman–Crippen LogP) is 0.161. The van der Waals surface area contributed by atoms with Gasteiger partial charge < -0.3 is 9.84 Å². The summed E-state index contributed by atoms with van der Waals surface area (Å²) < 4.78 is 30.0. The first-order chi connectivity index (χ1) is 8.96. The van der Waals surface area contributed by atoms with E-state index >= 15 is 0 Å². The highest BCUT2D eigenvalue weighted by Gasteiger charge is 2.13. The van der Waals surface area contributed by atoms with E-state index in [1.807, 2.05) is 0 Å². The van der Waals surface area contributed by atoms with E-state index in [0.29, 0.717) is 5.56 Å². The average Bonchev–Trinajstić information content (AvgIpc) is 2.43. The summed E-state index contributed by atoms with van der Waals surface area (Å²) in [5, 5.41) is 8.97. The molecule has 0 aromatic heterocycles. The van der Waals surface area contributed by atoms with Crippen LogP contribution in [0.1, 0.15) is 17.5 Å². The number of hydrogen-bond acceptors (Lipinski definition) is 5. The summed E-state index contributed by atoms with van der Waals surface area (Å²) in [6.07, 6.45) is -0.178. The van der Waals surface area contributed by atoms with Gasteiger partial charge in [-0.25, -0.2) is 13.1 Å². The maximum Gasteiger partial charge on any atom is 0.306 e. The van der Waals surface area contributed by atoms with Crippen molar-refractivity contribution in [1.82, 2.24) is 4.72 Å². The quantitative estimate of drug-likeness (QED) is 0.697. The molecule has 0 fully saturated rings. The molecular weight excluding hydrogens is 270 g/mol. The Morgan fingerprint density at radius 3 is 2.68 bits per heavy atom. The van der Waals surface area contributed by atoms with Gasteiger partial charge in [-0.1, -0.05) is 24.3 Å². The van der Waals surface area contributed by atoms with Crippen LogP contribution in [0, 0.1) is 0 Å². The van der Waals surface area contributed by atoms with Crippen LogP contribution < -0.4 is 4.72 Å². The second-order valence-corrected chi connectivity index (χ2v) is 5.87. The van der Waals surface area contributed by atoms with Crippen molar-refractivity contribution in [2.24, 2.45) is 0 Å². The fraction of sp³-hybridized carbons (Fsp3) is 0.417. The molecule has 106 valence electrons. The summed E-state index contributed by atoms with van der Waals surface area (Å²) in [5.74, 6) is -0.869. The van der Waals surface area contributed by atoms with Crippen molar-refractivity contribution in [1.29, 1.82) is 0 Å². The maximum atomic E-state index is 11.6. The number of aliphatic hydroxyl groups is 1. The molecule has 2 N–H and O–H groups in total. The van der Waals surface area contributed by atoms with Gasteiger partial charge in [-0.05, 0) is 11.1 Å². The minimum atomic E-state index is -3.52. The van der Waals surface area contributed by atoms with E-state index in [2.05, 4.69) is 9.46 Å². The zero-order valence-corrected chi connectivity index (χ0v) is 11.4. The third-order valence-electron chi connectivity index (χ3n) is 2.47. The normalized spacial score (nSPS) is 11.3. The zero-order chi connectivity index (χ0) is 14.3. The highest BCUT2D eigenvalue weighted by molar-refractivity contribution is 7.89. The van der Waals surface area contributed by atoms with Gasteiger partial charge in [0.05, 0.1) is 25.9 Å². The molecule has 0 spiro atoms. The van der Waals surface area contributed by atoms with Gasteiger partial charge in [-0.3, -0.25) is 4.79 Å². The first-order valence-corrected chi connectivity index (χ1v) is 7.35. The Balaban J connectivity index is 2.52. The standard InChI is InChI=1S/C12H17NO5S/c1-18-12(15)5-6-19(16,17)13-8-10-3-2-4-11(7-10)9-14/h2-4,7,13-14H,5-6,8-9H2,1H3. The molecule has 0 amide bonds. The van der Waals surface area contributed by atoms with Gasteiger partial charge in [0.15, 0.2) is 0 Å². The van der Waals surface area contributed by atoms with Crippen molar-refractivity contribution in [3.05, 3.63) is 35.4 Å². The molecule has 19 heavy (non-hydrogen) atoms. The van der Waals surface area contributed by atoms with E-state index in [9.17, 15) is 13.2 Å². The predicted molar refractivity (Wildman–Crippen MR) is 69.6 cm³/mol. The molecule has 1 aromatic carbocycles. The second-order valence-electron chi connectivity index (χ2n) is 3.94. The smallest absolute Gasteiger partial charge is 0.306 e. The number of hydrogen-bond donors (Lipinski definition) is 2. The molecule has 0 saturated carbocycles. The van der Waals surface area contributed by atoms with Crippen LogP contribution in [0.3, 0.4) is 0 Å². The number of rotatable bonds is 7. The SMILES string of the molecule is COC(=O)CCS(=O)(=O)NCc1cccc(CO)c1. The largest absolute Gasteiger partial charge is 0.469 e. The van der Waals surface area contributed by atoms with Crippen LogP contribution in [0.2, 0.25) is 0 Å². The minimum absolute atomic E-state index is 0.0943. The molecule has 1 rings (SSSR count). The second kappa shape index (κ2) is 7.22. The van der Waals surface area contributed by atoms with E-state index < -0.39 is 16.0 Å². The summed E-state index contributed by atoms with van der Waals surface area (Å²) in [4.78, 5) is 10.9. The molecule has 0 aliphatic rings. The molecule has 0 radical (unpaired) electrons. The Bertz CT molecular complexity index is 527. The molecule has 0 aliphatic heterocycles. The van der Waals surface area contributed by atoms with Crippen LogP contribution in [0.25, 0.3) is 0 Å². The van der Waals surface area contributed by atoms with Crippen LogP contribution >= 0.6 is 0 Å². The Morgan fingerprint density at radius 1 is 1.37 bits per heavy atom. The first kappa shape index (κ1) is 15.6. The van der Waals surface area contributed by atoms with Gasteiger partial charge in [0, 0.05) is 6.54 Å². The number of benzene rings is 1. The lowest BCUT2D eigenvalue weighted by atomic mass is 10.1. The third-order valence-corrected chi connectivity index (χ3v) is 3.80. The van der Waals surface area contributed by atoms with Gasteiger partial charge in [0.1, 0.15) is 0 Å². The third kappa shape index (κ3) is 5.82. The Hall–Kier alpha value is -1.44. The van der Waals surface area contributed by atoms with Crippen molar-refractivity contribution in [2.45, 2.75) is 19.6 Å². The highest BCUT2D eigenvalue weighted by Crippen LogP contribution is 2.05. The molecule has 0 heterocycles. The van der Waals surface area contributed by atoms with E-state index in [1.54, 1.807) is 24.3 Å². The number of carbonyl (C=O) groups is 1. The van der Waals surface area contributed by atoms with E-state index in [-0.39, 0.29) is 25.3 Å². The summed E-state index contributed by atoms with van der Waals surface area (Å²) in [5.41, 5.74) is 1.46. The number of carbonyl (C=O) groups excluding carboxylic acids is 1. The van der Waals surface area contributed by atoms with Crippen LogP contribution in [-0.2, 0) is 32.7 Å². The van der Waals surface area contributed by atoms with Gasteiger partial charge >= 0.3 is 5.97 Å². The topological polar surface area (TPSA) is 92.7 Å². The van der Waals surface area contributed by atoms with Gasteiger partial charge in [0.2, 0.25) is 10.0 Å². The fourth-order valence-corrected chi connectivity index (χ4v) is 2.39. The molecule has 1 aromatic rings. The Morgan fingerprint density at radius 2 is 2.05 bits per heavy atom. The number of methoxy groups -OCH3 is 1. The first-order valence-electron chi connectivity index (χ1n) is 5.69. The molecule has 0 unspecified atom stereocenters. The van der Waals surface area contributed by atoms with Crippen molar-refractivity contribution < 1.29 is 23.1 Å². The van der Waals surface area contributed by atoms with E-state index in [4.69, 9.17) is 5.11 Å². The highest BCUT2D eigenvalue weighted by atomic mass is 32.2. The van der Waals surface area contributed by atoms with E-state index in [1.165, 1.54) is 7.11 Å². The summed E-state index contributed by atoms with van der Waals surface area (Å²) >= 11 is 0. The van der Waals surface area contributed by atoms with Crippen molar-refractivity contribution in [3.63, 3.8) is 0 Å². The lowest BCUT2D eigenvalue weighted by Gasteiger charge is -2.07. The van der Waals surface area contributed by atoms with Crippen LogP contribution in [0.4, 0.5) is 0 Å². The minimum Gasteiger partial charge on any atom is -0.469 e. The fourth-order valence-electron chi connectivity index (χ4n) is 1.42. The number of sulfonamides is 1. The Kier molecular flexibility index (Phi) is 5.94. The molecule has 0 atom stereocenters. The summed E-state index contributed by atoms with van der Waals surface area (Å²) in [7, 11) is -2.31. The lowest BCUT2D eigenvalue weighted by molar-refractivity contribution is -0.140.